The van der Waals surface area contributed by atoms with Crippen LogP contribution in [0.4, 0.5) is 0 Å². The van der Waals surface area contributed by atoms with Gasteiger partial charge in [-0.15, -0.1) is 0 Å². The lowest BCUT2D eigenvalue weighted by atomic mass is 10.1. The lowest BCUT2D eigenvalue weighted by Gasteiger charge is -2.35. The van der Waals surface area contributed by atoms with Gasteiger partial charge in [0.1, 0.15) is 0 Å². The minimum atomic E-state index is 0.192. The molecular weight excluding hydrogens is 288 g/mol. The Morgan fingerprint density at radius 1 is 0.652 bits per heavy atom. The van der Waals surface area contributed by atoms with Crippen molar-refractivity contribution in [2.45, 2.75) is 85.7 Å². The minimum Gasteiger partial charge on any atom is -0.396 e. The van der Waals surface area contributed by atoms with E-state index >= 15 is 0 Å². The second-order valence-electron chi connectivity index (χ2n) is 8.06. The molecule has 0 aromatic rings. The lowest BCUT2D eigenvalue weighted by Crippen LogP contribution is -2.42. The van der Waals surface area contributed by atoms with Crippen LogP contribution in [0.1, 0.15) is 74.7 Å². The van der Waals surface area contributed by atoms with Crippen LogP contribution in [-0.2, 0) is 0 Å². The molecule has 0 heterocycles. The van der Waals surface area contributed by atoms with E-state index in [0.29, 0.717) is 6.61 Å². The SMILES string of the molecule is CCCCN(CCCO)C(C)(C)C.CCN(CCO)C(C)(C)C. The molecule has 0 saturated carbocycles. The van der Waals surface area contributed by atoms with Crippen molar-refractivity contribution in [1.82, 2.24) is 9.80 Å². The van der Waals surface area contributed by atoms with Crippen LogP contribution < -0.4 is 0 Å². The highest BCUT2D eigenvalue weighted by molar-refractivity contribution is 4.76. The summed E-state index contributed by atoms with van der Waals surface area (Å²) in [6.45, 7) is 22.0. The number of aliphatic hydroxyl groups excluding tert-OH is 2. The predicted octanol–water partition coefficient (Wildman–Crippen LogP) is 3.37. The molecule has 23 heavy (non-hydrogen) atoms. The second-order valence-corrected chi connectivity index (χ2v) is 8.06. The van der Waals surface area contributed by atoms with Gasteiger partial charge in [0.05, 0.1) is 6.61 Å². The first-order valence-corrected chi connectivity index (χ1v) is 9.26. The summed E-state index contributed by atoms with van der Waals surface area (Å²) in [5, 5.41) is 17.5. The van der Waals surface area contributed by atoms with E-state index in [2.05, 4.69) is 65.2 Å². The van der Waals surface area contributed by atoms with Crippen molar-refractivity contribution in [1.29, 1.82) is 0 Å². The molecule has 0 atom stereocenters. The summed E-state index contributed by atoms with van der Waals surface area (Å²) in [6, 6.07) is 0. The molecule has 0 fully saturated rings. The van der Waals surface area contributed by atoms with E-state index in [9.17, 15) is 0 Å². The molecule has 0 rings (SSSR count). The quantitative estimate of drug-likeness (QED) is 0.679. The normalized spacial score (nSPS) is 12.5. The van der Waals surface area contributed by atoms with E-state index < -0.39 is 0 Å². The molecule has 0 aromatic heterocycles. The number of hydrogen-bond donors (Lipinski definition) is 2. The van der Waals surface area contributed by atoms with Crippen molar-refractivity contribution >= 4 is 0 Å². The van der Waals surface area contributed by atoms with Gasteiger partial charge in [0.2, 0.25) is 0 Å². The van der Waals surface area contributed by atoms with Crippen LogP contribution in [0.5, 0.6) is 0 Å². The standard InChI is InChI=1S/C11H25NO.C8H19NO/c1-5-6-8-12(9-7-10-13)11(2,3)4;1-5-9(6-7-10)8(2,3)4/h13H,5-10H2,1-4H3;10H,5-7H2,1-4H3. The second kappa shape index (κ2) is 13.2. The van der Waals surface area contributed by atoms with Crippen LogP contribution in [0.25, 0.3) is 0 Å². The largest absolute Gasteiger partial charge is 0.396 e. The Hall–Kier alpha value is -0.160. The van der Waals surface area contributed by atoms with E-state index in [1.807, 2.05) is 0 Å². The highest BCUT2D eigenvalue weighted by atomic mass is 16.3. The third kappa shape index (κ3) is 13.9. The molecular formula is C19H44N2O2. The van der Waals surface area contributed by atoms with E-state index in [1.165, 1.54) is 12.8 Å². The fourth-order valence-electron chi connectivity index (χ4n) is 2.48. The summed E-state index contributed by atoms with van der Waals surface area (Å²) in [7, 11) is 0. The number of β-amino-alcohol motifs (C(OH)–C–C–N with tert-alkyl or cyclic N) is 1. The molecule has 0 saturated heterocycles. The topological polar surface area (TPSA) is 46.9 Å². The molecule has 0 spiro atoms. The first-order valence-electron chi connectivity index (χ1n) is 9.26. The first kappa shape index (κ1) is 25.1. The van der Waals surface area contributed by atoms with Crippen LogP contribution in [-0.4, -0.2) is 70.5 Å². The summed E-state index contributed by atoms with van der Waals surface area (Å²) >= 11 is 0. The van der Waals surface area contributed by atoms with Crippen LogP contribution in [0.15, 0.2) is 0 Å². The van der Waals surface area contributed by atoms with Crippen LogP contribution in [0.3, 0.4) is 0 Å². The molecule has 0 aromatic carbocycles. The van der Waals surface area contributed by atoms with Gasteiger partial charge in [-0.3, -0.25) is 9.80 Å². The Bertz CT molecular complexity index is 249. The Morgan fingerprint density at radius 2 is 1.13 bits per heavy atom. The fraction of sp³-hybridized carbons (Fsp3) is 1.00. The molecule has 0 bridgehead atoms. The van der Waals surface area contributed by atoms with Crippen molar-refractivity contribution in [3.63, 3.8) is 0 Å². The van der Waals surface area contributed by atoms with E-state index in [1.54, 1.807) is 0 Å². The highest BCUT2D eigenvalue weighted by Crippen LogP contribution is 2.14. The number of nitrogens with zero attached hydrogens (tertiary/aromatic N) is 2. The summed E-state index contributed by atoms with van der Waals surface area (Å²) in [5.74, 6) is 0. The van der Waals surface area contributed by atoms with Crippen molar-refractivity contribution in [3.8, 4) is 0 Å². The molecule has 4 heteroatoms. The van der Waals surface area contributed by atoms with Crippen molar-refractivity contribution in [2.75, 3.05) is 39.4 Å². The van der Waals surface area contributed by atoms with Crippen LogP contribution in [0.2, 0.25) is 0 Å². The molecule has 0 amide bonds. The molecule has 142 valence electrons. The third-order valence-electron chi connectivity index (χ3n) is 4.02. The van der Waals surface area contributed by atoms with Gasteiger partial charge >= 0.3 is 0 Å². The summed E-state index contributed by atoms with van der Waals surface area (Å²) in [6.07, 6.45) is 3.38. The summed E-state index contributed by atoms with van der Waals surface area (Å²) < 4.78 is 0. The summed E-state index contributed by atoms with van der Waals surface area (Å²) in [5.41, 5.74) is 0.432. The maximum absolute atomic E-state index is 8.78. The van der Waals surface area contributed by atoms with Gasteiger partial charge in [0.25, 0.3) is 0 Å². The van der Waals surface area contributed by atoms with Gasteiger partial charge in [0, 0.05) is 30.8 Å². The molecule has 4 nitrogen and oxygen atoms in total. The first-order chi connectivity index (χ1) is 10.5. The zero-order valence-corrected chi connectivity index (χ0v) is 17.2. The lowest BCUT2D eigenvalue weighted by molar-refractivity contribution is 0.112. The number of unbranched alkanes of at least 4 members (excludes halogenated alkanes) is 1. The molecule has 0 aliphatic rings. The minimum absolute atomic E-state index is 0.192. The zero-order chi connectivity index (χ0) is 18.5. The van der Waals surface area contributed by atoms with E-state index in [0.717, 1.165) is 32.6 Å². The number of hydrogen-bond acceptors (Lipinski definition) is 4. The van der Waals surface area contributed by atoms with Gasteiger partial charge in [-0.2, -0.15) is 0 Å². The fourth-order valence-corrected chi connectivity index (χ4v) is 2.48. The monoisotopic (exact) mass is 332 g/mol. The molecule has 0 radical (unpaired) electrons. The van der Waals surface area contributed by atoms with Gasteiger partial charge in [-0.1, -0.05) is 20.3 Å². The molecule has 0 aliphatic carbocycles. The Kier molecular flexibility index (Phi) is 14.4. The summed E-state index contributed by atoms with van der Waals surface area (Å²) in [4.78, 5) is 4.69. The number of rotatable bonds is 9. The third-order valence-corrected chi connectivity index (χ3v) is 4.02. The highest BCUT2D eigenvalue weighted by Gasteiger charge is 2.19. The van der Waals surface area contributed by atoms with E-state index in [-0.39, 0.29) is 17.7 Å². The van der Waals surface area contributed by atoms with Gasteiger partial charge in [-0.05, 0) is 67.5 Å². The average molecular weight is 333 g/mol. The van der Waals surface area contributed by atoms with Crippen molar-refractivity contribution in [3.05, 3.63) is 0 Å². The van der Waals surface area contributed by atoms with Gasteiger partial charge < -0.3 is 10.2 Å². The predicted molar refractivity (Wildman–Crippen MR) is 102 cm³/mol. The van der Waals surface area contributed by atoms with Crippen molar-refractivity contribution < 1.29 is 10.2 Å². The van der Waals surface area contributed by atoms with Crippen LogP contribution >= 0.6 is 0 Å². The van der Waals surface area contributed by atoms with Crippen LogP contribution in [0, 0.1) is 0 Å². The Balaban J connectivity index is 0. The maximum atomic E-state index is 8.78. The molecule has 0 aliphatic heterocycles. The smallest absolute Gasteiger partial charge is 0.0558 e. The molecule has 0 unspecified atom stereocenters. The van der Waals surface area contributed by atoms with E-state index in [4.69, 9.17) is 10.2 Å². The maximum Gasteiger partial charge on any atom is 0.0558 e. The zero-order valence-electron chi connectivity index (χ0n) is 17.2. The van der Waals surface area contributed by atoms with Gasteiger partial charge in [-0.25, -0.2) is 0 Å². The Labute approximate surface area is 145 Å². The molecule has 2 N–H and O–H groups in total. The average Bonchev–Trinajstić information content (AvgIpc) is 2.43. The number of likely N-dealkylation sites (N-methyl/N-ethyl adjacent to an activating group) is 1. The number of aliphatic hydroxyl groups is 2. The Morgan fingerprint density at radius 3 is 1.39 bits per heavy atom. The van der Waals surface area contributed by atoms with Crippen molar-refractivity contribution in [2.24, 2.45) is 0 Å². The van der Waals surface area contributed by atoms with Gasteiger partial charge in [0.15, 0.2) is 0 Å².